The Morgan fingerprint density at radius 2 is 1.89 bits per heavy atom. The Hall–Kier alpha value is -3.00. The molecule has 0 amide bonds. The molecular formula is C29H32ClFN4O2. The van der Waals surface area contributed by atoms with E-state index in [1.54, 1.807) is 19.2 Å². The molecule has 4 aromatic rings. The van der Waals surface area contributed by atoms with E-state index in [0.717, 1.165) is 61.6 Å². The van der Waals surface area contributed by atoms with Crippen LogP contribution < -0.4 is 4.74 Å². The number of hydrogen-bond acceptors (Lipinski definition) is 5. The first kappa shape index (κ1) is 25.6. The van der Waals surface area contributed by atoms with Crippen LogP contribution >= 0.6 is 11.6 Å². The van der Waals surface area contributed by atoms with Crippen molar-refractivity contribution in [1.82, 2.24) is 19.4 Å². The molecule has 1 saturated heterocycles. The summed E-state index contributed by atoms with van der Waals surface area (Å²) in [5.41, 5.74) is 4.90. The summed E-state index contributed by atoms with van der Waals surface area (Å²) in [5, 5.41) is 0.370. The van der Waals surface area contributed by atoms with Crippen LogP contribution in [0.15, 0.2) is 54.6 Å². The zero-order chi connectivity index (χ0) is 25.8. The summed E-state index contributed by atoms with van der Waals surface area (Å²) < 4.78 is 27.5. The van der Waals surface area contributed by atoms with Gasteiger partial charge in [0.05, 0.1) is 24.2 Å². The molecule has 0 aliphatic carbocycles. The molecule has 5 rings (SSSR count). The summed E-state index contributed by atoms with van der Waals surface area (Å²) in [4.78, 5) is 12.2. The Morgan fingerprint density at radius 3 is 2.68 bits per heavy atom. The highest BCUT2D eigenvalue weighted by molar-refractivity contribution is 6.30. The molecule has 2 aromatic heterocycles. The molecule has 1 aliphatic rings. The number of halogens is 2. The van der Waals surface area contributed by atoms with Gasteiger partial charge in [0.2, 0.25) is 5.88 Å². The molecule has 0 saturated carbocycles. The van der Waals surface area contributed by atoms with Crippen molar-refractivity contribution in [3.8, 4) is 5.88 Å². The summed E-state index contributed by atoms with van der Waals surface area (Å²) in [6.45, 7) is 6.42. The van der Waals surface area contributed by atoms with Gasteiger partial charge >= 0.3 is 0 Å². The first-order valence-corrected chi connectivity index (χ1v) is 13.1. The second-order valence-corrected chi connectivity index (χ2v) is 10.1. The fourth-order valence-corrected chi connectivity index (χ4v) is 5.12. The van der Waals surface area contributed by atoms with Crippen LogP contribution in [0.1, 0.15) is 41.4 Å². The minimum atomic E-state index is -0.373. The number of piperidine rings is 1. The minimum Gasteiger partial charge on any atom is -0.473 e. The van der Waals surface area contributed by atoms with Crippen LogP contribution in [0.5, 0.6) is 5.88 Å². The molecule has 0 radical (unpaired) electrons. The molecule has 3 heterocycles. The average molecular weight is 523 g/mol. The summed E-state index contributed by atoms with van der Waals surface area (Å²) in [5.74, 6) is 1.58. The zero-order valence-corrected chi connectivity index (χ0v) is 22.0. The number of rotatable bonds is 9. The van der Waals surface area contributed by atoms with Crippen molar-refractivity contribution in [1.29, 1.82) is 0 Å². The van der Waals surface area contributed by atoms with Gasteiger partial charge in [0.25, 0.3) is 0 Å². The Morgan fingerprint density at radius 1 is 1.05 bits per heavy atom. The van der Waals surface area contributed by atoms with Crippen molar-refractivity contribution in [2.45, 2.75) is 45.4 Å². The van der Waals surface area contributed by atoms with Gasteiger partial charge in [-0.2, -0.15) is 0 Å². The maximum atomic E-state index is 14.1. The Bertz CT molecular complexity index is 1370. The van der Waals surface area contributed by atoms with Crippen molar-refractivity contribution in [3.05, 3.63) is 88.1 Å². The van der Waals surface area contributed by atoms with Crippen molar-refractivity contribution in [2.75, 3.05) is 26.8 Å². The van der Waals surface area contributed by atoms with E-state index in [0.29, 0.717) is 29.0 Å². The van der Waals surface area contributed by atoms with Crippen LogP contribution in [0.25, 0.3) is 11.0 Å². The Kier molecular flexibility index (Phi) is 8.03. The highest BCUT2D eigenvalue weighted by Gasteiger charge is 2.24. The molecule has 0 atom stereocenters. The fraction of sp³-hybridized carbons (Fsp3) is 0.379. The van der Waals surface area contributed by atoms with E-state index < -0.39 is 0 Å². The molecule has 2 aromatic carbocycles. The maximum absolute atomic E-state index is 14.1. The molecule has 0 spiro atoms. The van der Waals surface area contributed by atoms with Crippen molar-refractivity contribution in [2.24, 2.45) is 0 Å². The van der Waals surface area contributed by atoms with Crippen LogP contribution in [0, 0.1) is 12.7 Å². The van der Waals surface area contributed by atoms with Gasteiger partial charge in [0.1, 0.15) is 18.2 Å². The molecule has 194 valence electrons. The number of aromatic nitrogens is 3. The lowest BCUT2D eigenvalue weighted by atomic mass is 9.93. The fourth-order valence-electron chi connectivity index (χ4n) is 4.96. The maximum Gasteiger partial charge on any atom is 0.213 e. The molecular weight excluding hydrogens is 491 g/mol. The third-order valence-electron chi connectivity index (χ3n) is 7.01. The highest BCUT2D eigenvalue weighted by atomic mass is 35.5. The number of imidazole rings is 1. The molecule has 0 unspecified atom stereocenters. The molecule has 0 N–H and O–H groups in total. The largest absolute Gasteiger partial charge is 0.473 e. The third kappa shape index (κ3) is 6.12. The number of nitrogens with zero attached hydrogens (tertiary/aromatic N) is 4. The number of hydrogen-bond donors (Lipinski definition) is 0. The third-order valence-corrected chi connectivity index (χ3v) is 7.24. The van der Waals surface area contributed by atoms with Crippen LogP contribution in [0.3, 0.4) is 0 Å². The lowest BCUT2D eigenvalue weighted by Gasteiger charge is -2.31. The predicted octanol–water partition coefficient (Wildman–Crippen LogP) is 6.14. The predicted molar refractivity (Wildman–Crippen MR) is 144 cm³/mol. The van der Waals surface area contributed by atoms with Gasteiger partial charge in [0.15, 0.2) is 0 Å². The summed E-state index contributed by atoms with van der Waals surface area (Å²) in [7, 11) is 1.73. The first-order valence-electron chi connectivity index (χ1n) is 12.7. The van der Waals surface area contributed by atoms with Gasteiger partial charge in [0, 0.05) is 41.9 Å². The number of methoxy groups -OCH3 is 1. The average Bonchev–Trinajstić information content (AvgIpc) is 3.23. The van der Waals surface area contributed by atoms with Gasteiger partial charge in [-0.25, -0.2) is 14.4 Å². The number of aryl methyl sites for hydroxylation is 1. The highest BCUT2D eigenvalue weighted by Crippen LogP contribution is 2.29. The van der Waals surface area contributed by atoms with Crippen LogP contribution in [0.2, 0.25) is 5.02 Å². The number of pyridine rings is 1. The van der Waals surface area contributed by atoms with Gasteiger partial charge in [-0.1, -0.05) is 29.8 Å². The standard InChI is InChI=1S/C29H32ClFN4O2/c1-20-6-9-27-26(16-20)32-28(35(27)14-15-36-2)18-34-12-10-21(11-13-34)25-4-3-5-29(33-25)37-19-22-7-8-23(30)17-24(22)31/h3-9,16-17,21H,10-15,18-19H2,1-2H3. The number of ether oxygens (including phenoxy) is 2. The molecule has 8 heteroatoms. The number of fused-ring (bicyclic) bond motifs is 1. The van der Waals surface area contributed by atoms with Crippen molar-refractivity contribution >= 4 is 22.6 Å². The lowest BCUT2D eigenvalue weighted by Crippen LogP contribution is -2.33. The monoisotopic (exact) mass is 522 g/mol. The van der Waals surface area contributed by atoms with E-state index in [1.165, 1.54) is 11.6 Å². The van der Waals surface area contributed by atoms with E-state index in [1.807, 2.05) is 12.1 Å². The lowest BCUT2D eigenvalue weighted by molar-refractivity contribution is 0.178. The summed E-state index contributed by atoms with van der Waals surface area (Å²) >= 11 is 5.84. The normalized spacial score (nSPS) is 14.9. The van der Waals surface area contributed by atoms with Gasteiger partial charge in [-0.15, -0.1) is 0 Å². The van der Waals surface area contributed by atoms with E-state index in [9.17, 15) is 4.39 Å². The second-order valence-electron chi connectivity index (χ2n) is 9.64. The van der Waals surface area contributed by atoms with Gasteiger partial charge < -0.3 is 14.0 Å². The topological polar surface area (TPSA) is 52.4 Å². The Labute approximate surface area is 222 Å². The van der Waals surface area contributed by atoms with Crippen LogP contribution in [-0.4, -0.2) is 46.2 Å². The van der Waals surface area contributed by atoms with Crippen molar-refractivity contribution in [3.63, 3.8) is 0 Å². The van der Waals surface area contributed by atoms with Crippen LogP contribution in [-0.2, 0) is 24.4 Å². The van der Waals surface area contributed by atoms with E-state index in [2.05, 4.69) is 40.7 Å². The van der Waals surface area contributed by atoms with E-state index >= 15 is 0 Å². The zero-order valence-electron chi connectivity index (χ0n) is 21.3. The molecule has 1 aliphatic heterocycles. The number of benzene rings is 2. The summed E-state index contributed by atoms with van der Waals surface area (Å²) in [6.07, 6.45) is 2.03. The molecule has 37 heavy (non-hydrogen) atoms. The molecule has 6 nitrogen and oxygen atoms in total. The smallest absolute Gasteiger partial charge is 0.213 e. The van der Waals surface area contributed by atoms with Gasteiger partial charge in [-0.3, -0.25) is 4.90 Å². The van der Waals surface area contributed by atoms with E-state index in [-0.39, 0.29) is 12.4 Å². The second kappa shape index (κ2) is 11.6. The molecule has 1 fully saturated rings. The quantitative estimate of drug-likeness (QED) is 0.264. The minimum absolute atomic E-state index is 0.113. The molecule has 0 bridgehead atoms. The first-order chi connectivity index (χ1) is 18.0. The Balaban J connectivity index is 1.21. The van der Waals surface area contributed by atoms with Gasteiger partial charge in [-0.05, 0) is 68.8 Å². The SMILES string of the molecule is COCCn1c(CN2CCC(c3cccc(OCc4ccc(Cl)cc4F)n3)CC2)nc2cc(C)ccc21. The summed E-state index contributed by atoms with van der Waals surface area (Å²) in [6, 6.07) is 16.9. The number of likely N-dealkylation sites (tertiary alicyclic amines) is 1. The van der Waals surface area contributed by atoms with Crippen LogP contribution in [0.4, 0.5) is 4.39 Å². The van der Waals surface area contributed by atoms with Crippen molar-refractivity contribution < 1.29 is 13.9 Å². The van der Waals surface area contributed by atoms with E-state index in [4.69, 9.17) is 31.0 Å².